The minimum atomic E-state index is -0.821. The van der Waals surface area contributed by atoms with Crippen molar-refractivity contribution in [2.75, 3.05) is 0 Å². The van der Waals surface area contributed by atoms with Crippen molar-refractivity contribution in [3.05, 3.63) is 34.4 Å². The van der Waals surface area contributed by atoms with Gasteiger partial charge in [0, 0.05) is 0 Å². The number of carboxylic acids is 1. The van der Waals surface area contributed by atoms with Crippen LogP contribution < -0.4 is 0 Å². The predicted molar refractivity (Wildman–Crippen MR) is 61.5 cm³/mol. The van der Waals surface area contributed by atoms with E-state index in [4.69, 9.17) is 5.11 Å². The van der Waals surface area contributed by atoms with Crippen LogP contribution in [0.5, 0.6) is 0 Å². The highest BCUT2D eigenvalue weighted by Gasteiger charge is 2.12. The monoisotopic (exact) mass is 206 g/mol. The van der Waals surface area contributed by atoms with E-state index in [0.717, 1.165) is 30.4 Å². The van der Waals surface area contributed by atoms with Crippen molar-refractivity contribution in [2.24, 2.45) is 0 Å². The molecular weight excluding hydrogens is 188 g/mol. The number of carbonyl (C=O) groups is 1. The third-order valence-corrected chi connectivity index (χ3v) is 2.81. The van der Waals surface area contributed by atoms with Gasteiger partial charge in [-0.15, -0.1) is 0 Å². The van der Waals surface area contributed by atoms with Crippen molar-refractivity contribution >= 4 is 5.97 Å². The third kappa shape index (κ3) is 2.38. The van der Waals surface area contributed by atoms with Crippen LogP contribution in [0.4, 0.5) is 0 Å². The summed E-state index contributed by atoms with van der Waals surface area (Å²) in [5, 5.41) is 9.04. The van der Waals surface area contributed by atoms with Crippen LogP contribution in [0, 0.1) is 6.92 Å². The van der Waals surface area contributed by atoms with Gasteiger partial charge in [0.15, 0.2) is 0 Å². The van der Waals surface area contributed by atoms with Gasteiger partial charge in [-0.3, -0.25) is 0 Å². The van der Waals surface area contributed by atoms with Crippen molar-refractivity contribution in [3.8, 4) is 0 Å². The Morgan fingerprint density at radius 3 is 2.47 bits per heavy atom. The highest BCUT2D eigenvalue weighted by molar-refractivity contribution is 5.90. The molecule has 0 aliphatic rings. The quantitative estimate of drug-likeness (QED) is 0.821. The summed E-state index contributed by atoms with van der Waals surface area (Å²) in [6.07, 6.45) is 2.90. The van der Waals surface area contributed by atoms with Crippen LogP contribution in [0.1, 0.15) is 47.3 Å². The number of hydrogen-bond acceptors (Lipinski definition) is 1. The van der Waals surface area contributed by atoms with Gasteiger partial charge in [0.1, 0.15) is 0 Å². The lowest BCUT2D eigenvalue weighted by molar-refractivity contribution is 0.0695. The smallest absolute Gasteiger partial charge is 0.335 e. The highest BCUT2D eigenvalue weighted by atomic mass is 16.4. The van der Waals surface area contributed by atoms with Gasteiger partial charge >= 0.3 is 5.97 Å². The maximum Gasteiger partial charge on any atom is 0.335 e. The molecule has 0 aliphatic carbocycles. The van der Waals surface area contributed by atoms with Crippen molar-refractivity contribution in [3.63, 3.8) is 0 Å². The molecule has 15 heavy (non-hydrogen) atoms. The summed E-state index contributed by atoms with van der Waals surface area (Å²) in [6.45, 7) is 6.16. The maximum absolute atomic E-state index is 11.0. The second-order valence-electron chi connectivity index (χ2n) is 3.78. The number of carboxylic acid groups (broad SMARTS) is 1. The molecule has 0 saturated carbocycles. The molecule has 1 aromatic rings. The number of aryl methyl sites for hydroxylation is 1. The second-order valence-corrected chi connectivity index (χ2v) is 3.78. The molecule has 1 N–H and O–H groups in total. The molecule has 1 aromatic carbocycles. The van der Waals surface area contributed by atoms with Crippen molar-refractivity contribution < 1.29 is 9.90 Å². The summed E-state index contributed by atoms with van der Waals surface area (Å²) in [6, 6.07) is 3.68. The first-order chi connectivity index (χ1) is 7.11. The zero-order valence-electron chi connectivity index (χ0n) is 9.63. The maximum atomic E-state index is 11.0. The summed E-state index contributed by atoms with van der Waals surface area (Å²) >= 11 is 0. The Kier molecular flexibility index (Phi) is 3.89. The van der Waals surface area contributed by atoms with E-state index in [1.165, 1.54) is 5.56 Å². The molecule has 2 nitrogen and oxygen atoms in total. The summed E-state index contributed by atoms with van der Waals surface area (Å²) in [7, 11) is 0. The minimum Gasteiger partial charge on any atom is -0.478 e. The molecule has 0 amide bonds. The van der Waals surface area contributed by atoms with Crippen LogP contribution in [0.15, 0.2) is 12.1 Å². The van der Waals surface area contributed by atoms with E-state index >= 15 is 0 Å². The molecule has 0 aromatic heterocycles. The fourth-order valence-electron chi connectivity index (χ4n) is 2.00. The van der Waals surface area contributed by atoms with Crippen molar-refractivity contribution in [2.45, 2.75) is 40.0 Å². The summed E-state index contributed by atoms with van der Waals surface area (Å²) in [5.41, 5.74) is 3.86. The molecule has 82 valence electrons. The molecule has 0 saturated heterocycles. The van der Waals surface area contributed by atoms with Gasteiger partial charge in [0.2, 0.25) is 0 Å². The van der Waals surface area contributed by atoms with E-state index < -0.39 is 5.97 Å². The normalized spacial score (nSPS) is 10.3. The van der Waals surface area contributed by atoms with E-state index in [1.807, 2.05) is 19.9 Å². The molecule has 0 radical (unpaired) electrons. The standard InChI is InChI=1S/C13H18O2/c1-4-6-10-7-8-12(13(14)15)11(5-2)9(10)3/h7-8H,4-6H2,1-3H3,(H,14,15). The Hall–Kier alpha value is -1.31. The lowest BCUT2D eigenvalue weighted by Gasteiger charge is -2.12. The summed E-state index contributed by atoms with van der Waals surface area (Å²) < 4.78 is 0. The molecule has 0 atom stereocenters. The average molecular weight is 206 g/mol. The molecule has 0 aliphatic heterocycles. The summed E-state index contributed by atoms with van der Waals surface area (Å²) in [4.78, 5) is 11.0. The molecule has 0 spiro atoms. The Morgan fingerprint density at radius 2 is 2.00 bits per heavy atom. The fraction of sp³-hybridized carbons (Fsp3) is 0.462. The van der Waals surface area contributed by atoms with Crippen LogP contribution in [0.2, 0.25) is 0 Å². The van der Waals surface area contributed by atoms with E-state index in [-0.39, 0.29) is 0 Å². The SMILES string of the molecule is CCCc1ccc(C(=O)O)c(CC)c1C. The fourth-order valence-corrected chi connectivity index (χ4v) is 2.00. The molecular formula is C13H18O2. The predicted octanol–water partition coefficient (Wildman–Crippen LogP) is 3.21. The van der Waals surface area contributed by atoms with Crippen LogP contribution in [-0.2, 0) is 12.8 Å². The Balaban J connectivity index is 3.26. The van der Waals surface area contributed by atoms with Crippen molar-refractivity contribution in [1.82, 2.24) is 0 Å². The zero-order valence-corrected chi connectivity index (χ0v) is 9.63. The summed E-state index contributed by atoms with van der Waals surface area (Å²) in [5.74, 6) is -0.821. The van der Waals surface area contributed by atoms with Gasteiger partial charge in [-0.1, -0.05) is 26.3 Å². The lowest BCUT2D eigenvalue weighted by atomic mass is 9.93. The second kappa shape index (κ2) is 4.96. The number of aromatic carboxylic acids is 1. The molecule has 2 heteroatoms. The van der Waals surface area contributed by atoms with E-state index in [9.17, 15) is 4.79 Å². The first-order valence-electron chi connectivity index (χ1n) is 5.46. The first-order valence-corrected chi connectivity index (χ1v) is 5.46. The first kappa shape index (κ1) is 11.8. The topological polar surface area (TPSA) is 37.3 Å². The van der Waals surface area contributed by atoms with Gasteiger partial charge in [0.25, 0.3) is 0 Å². The van der Waals surface area contributed by atoms with Gasteiger partial charge in [-0.2, -0.15) is 0 Å². The highest BCUT2D eigenvalue weighted by Crippen LogP contribution is 2.20. The van der Waals surface area contributed by atoms with Crippen LogP contribution in [0.3, 0.4) is 0 Å². The number of hydrogen-bond donors (Lipinski definition) is 1. The Bertz CT molecular complexity index is 367. The van der Waals surface area contributed by atoms with Crippen LogP contribution >= 0.6 is 0 Å². The largest absolute Gasteiger partial charge is 0.478 e. The van der Waals surface area contributed by atoms with Gasteiger partial charge in [0.05, 0.1) is 5.56 Å². The minimum absolute atomic E-state index is 0.454. The third-order valence-electron chi connectivity index (χ3n) is 2.81. The van der Waals surface area contributed by atoms with E-state index in [1.54, 1.807) is 6.07 Å². The van der Waals surface area contributed by atoms with Gasteiger partial charge in [-0.25, -0.2) is 4.79 Å². The van der Waals surface area contributed by atoms with Crippen LogP contribution in [-0.4, -0.2) is 11.1 Å². The molecule has 0 bridgehead atoms. The lowest BCUT2D eigenvalue weighted by Crippen LogP contribution is -2.06. The van der Waals surface area contributed by atoms with E-state index in [2.05, 4.69) is 6.92 Å². The molecule has 0 heterocycles. The Morgan fingerprint density at radius 1 is 1.33 bits per heavy atom. The Labute approximate surface area is 90.9 Å². The van der Waals surface area contributed by atoms with E-state index in [0.29, 0.717) is 5.56 Å². The number of benzene rings is 1. The van der Waals surface area contributed by atoms with Crippen LogP contribution in [0.25, 0.3) is 0 Å². The average Bonchev–Trinajstić information content (AvgIpc) is 2.20. The van der Waals surface area contributed by atoms with Gasteiger partial charge in [-0.05, 0) is 42.5 Å². The molecule has 0 fully saturated rings. The zero-order chi connectivity index (χ0) is 11.4. The molecule has 0 unspecified atom stereocenters. The van der Waals surface area contributed by atoms with Gasteiger partial charge < -0.3 is 5.11 Å². The van der Waals surface area contributed by atoms with Crippen molar-refractivity contribution in [1.29, 1.82) is 0 Å². The molecule has 1 rings (SSSR count). The number of rotatable bonds is 4.